The molecule has 7 heteroatoms. The molecule has 0 radical (unpaired) electrons. The molecule has 2 N–H and O–H groups in total. The summed E-state index contributed by atoms with van der Waals surface area (Å²) in [5.74, 6) is -0.0607. The van der Waals surface area contributed by atoms with Crippen molar-refractivity contribution in [3.8, 4) is 0 Å². The summed E-state index contributed by atoms with van der Waals surface area (Å²) in [4.78, 5) is 38.2. The number of imide groups is 1. The van der Waals surface area contributed by atoms with Gasteiger partial charge in [-0.25, -0.2) is 0 Å². The van der Waals surface area contributed by atoms with Gasteiger partial charge in [0.1, 0.15) is 0 Å². The summed E-state index contributed by atoms with van der Waals surface area (Å²) >= 11 is 0. The first-order valence-corrected chi connectivity index (χ1v) is 9.56. The van der Waals surface area contributed by atoms with Crippen molar-refractivity contribution in [2.75, 3.05) is 26.2 Å². The number of hydrogen-bond donors (Lipinski definition) is 2. The molecule has 1 aromatic carbocycles. The first-order chi connectivity index (χ1) is 12.6. The SMILES string of the molecule is Cl.O=C(NCCCCN1C(=O)c2ccccc2C1=O)C1CC12CCNCC2. The van der Waals surface area contributed by atoms with Gasteiger partial charge in [-0.1, -0.05) is 12.1 Å². The number of nitrogens with zero attached hydrogens (tertiary/aromatic N) is 1. The van der Waals surface area contributed by atoms with Crippen molar-refractivity contribution in [1.82, 2.24) is 15.5 Å². The molecule has 0 aromatic heterocycles. The molecule has 27 heavy (non-hydrogen) atoms. The number of rotatable bonds is 6. The van der Waals surface area contributed by atoms with Gasteiger partial charge in [0.2, 0.25) is 5.91 Å². The molecule has 146 valence electrons. The third-order valence-corrected chi connectivity index (χ3v) is 6.09. The number of amides is 3. The van der Waals surface area contributed by atoms with Crippen LogP contribution in [0.1, 0.15) is 52.8 Å². The lowest BCUT2D eigenvalue weighted by Crippen LogP contribution is -2.34. The highest BCUT2D eigenvalue weighted by atomic mass is 35.5. The maximum Gasteiger partial charge on any atom is 0.261 e. The number of nitrogens with one attached hydrogen (secondary N) is 2. The number of carbonyl (C=O) groups excluding carboxylic acids is 3. The lowest BCUT2D eigenvalue weighted by Gasteiger charge is -2.23. The topological polar surface area (TPSA) is 78.5 Å². The van der Waals surface area contributed by atoms with E-state index in [4.69, 9.17) is 0 Å². The predicted molar refractivity (Wildman–Crippen MR) is 104 cm³/mol. The fourth-order valence-corrected chi connectivity index (χ4v) is 4.37. The Morgan fingerprint density at radius 2 is 1.74 bits per heavy atom. The molecule has 2 aliphatic heterocycles. The average molecular weight is 392 g/mol. The number of halogens is 1. The Labute approximate surface area is 165 Å². The summed E-state index contributed by atoms with van der Waals surface area (Å²) in [6.07, 6.45) is 4.69. The average Bonchev–Trinajstić information content (AvgIpc) is 3.30. The number of benzene rings is 1. The molecule has 2 heterocycles. The zero-order chi connectivity index (χ0) is 18.1. The smallest absolute Gasteiger partial charge is 0.261 e. The highest BCUT2D eigenvalue weighted by Gasteiger charge is 2.57. The zero-order valence-corrected chi connectivity index (χ0v) is 16.1. The Morgan fingerprint density at radius 3 is 2.37 bits per heavy atom. The first-order valence-electron chi connectivity index (χ1n) is 9.56. The van der Waals surface area contributed by atoms with E-state index in [0.29, 0.717) is 30.6 Å². The second-order valence-electron chi connectivity index (χ2n) is 7.67. The number of carbonyl (C=O) groups is 3. The highest BCUT2D eigenvalue weighted by molar-refractivity contribution is 6.21. The fourth-order valence-electron chi connectivity index (χ4n) is 4.37. The van der Waals surface area contributed by atoms with Gasteiger partial charge in [0.25, 0.3) is 11.8 Å². The molecule has 6 nitrogen and oxygen atoms in total. The Hall–Kier alpha value is -1.92. The van der Waals surface area contributed by atoms with Crippen LogP contribution in [0.25, 0.3) is 0 Å². The zero-order valence-electron chi connectivity index (χ0n) is 15.3. The lowest BCUT2D eigenvalue weighted by molar-refractivity contribution is -0.123. The Morgan fingerprint density at radius 1 is 1.11 bits per heavy atom. The van der Waals surface area contributed by atoms with Gasteiger partial charge in [-0.05, 0) is 62.7 Å². The molecular weight excluding hydrogens is 366 g/mol. The number of hydrogen-bond acceptors (Lipinski definition) is 4. The Balaban J connectivity index is 0.00000210. The van der Waals surface area contributed by atoms with Crippen molar-refractivity contribution in [3.63, 3.8) is 0 Å². The predicted octanol–water partition coefficient (Wildman–Crippen LogP) is 1.99. The van der Waals surface area contributed by atoms with E-state index in [1.807, 2.05) is 0 Å². The van der Waals surface area contributed by atoms with Gasteiger partial charge >= 0.3 is 0 Å². The van der Waals surface area contributed by atoms with Crippen LogP contribution in [-0.2, 0) is 4.79 Å². The molecule has 3 aliphatic rings. The maximum atomic E-state index is 12.3. The molecule has 4 rings (SSSR count). The number of piperidine rings is 1. The van der Waals surface area contributed by atoms with E-state index in [1.54, 1.807) is 24.3 Å². The maximum absolute atomic E-state index is 12.3. The summed E-state index contributed by atoms with van der Waals surface area (Å²) in [5.41, 5.74) is 1.24. The van der Waals surface area contributed by atoms with Crippen LogP contribution in [0.4, 0.5) is 0 Å². The summed E-state index contributed by atoms with van der Waals surface area (Å²) in [6, 6.07) is 6.94. The molecule has 1 atom stereocenters. The van der Waals surface area contributed by atoms with Crippen LogP contribution in [0.3, 0.4) is 0 Å². The van der Waals surface area contributed by atoms with Crippen LogP contribution in [0.5, 0.6) is 0 Å². The van der Waals surface area contributed by atoms with Gasteiger partial charge in [0.05, 0.1) is 11.1 Å². The van der Waals surface area contributed by atoms with Crippen molar-refractivity contribution < 1.29 is 14.4 Å². The van der Waals surface area contributed by atoms with E-state index in [9.17, 15) is 14.4 Å². The minimum Gasteiger partial charge on any atom is -0.356 e. The minimum atomic E-state index is -0.208. The highest BCUT2D eigenvalue weighted by Crippen LogP contribution is 2.58. The number of fused-ring (bicyclic) bond motifs is 1. The molecular formula is C20H26ClN3O3. The molecule has 0 bridgehead atoms. The summed E-state index contributed by atoms with van der Waals surface area (Å²) in [6.45, 7) is 3.04. The van der Waals surface area contributed by atoms with Crippen molar-refractivity contribution in [1.29, 1.82) is 0 Å². The van der Waals surface area contributed by atoms with Gasteiger partial charge in [-0.2, -0.15) is 0 Å². The first kappa shape index (κ1) is 19.8. The van der Waals surface area contributed by atoms with Crippen LogP contribution in [0, 0.1) is 11.3 Å². The van der Waals surface area contributed by atoms with Gasteiger partial charge in [0, 0.05) is 19.0 Å². The molecule has 1 unspecified atom stereocenters. The van der Waals surface area contributed by atoms with Gasteiger partial charge in [0.15, 0.2) is 0 Å². The third-order valence-electron chi connectivity index (χ3n) is 6.09. The summed E-state index contributed by atoms with van der Waals surface area (Å²) < 4.78 is 0. The van der Waals surface area contributed by atoms with E-state index >= 15 is 0 Å². The third kappa shape index (κ3) is 3.73. The molecule has 1 spiro atoms. The monoisotopic (exact) mass is 391 g/mol. The summed E-state index contributed by atoms with van der Waals surface area (Å²) in [5, 5.41) is 6.38. The Kier molecular flexibility index (Phi) is 5.86. The largest absolute Gasteiger partial charge is 0.356 e. The molecule has 3 amide bonds. The Bertz CT molecular complexity index is 711. The van der Waals surface area contributed by atoms with Crippen LogP contribution in [0.15, 0.2) is 24.3 Å². The van der Waals surface area contributed by atoms with Crippen LogP contribution >= 0.6 is 12.4 Å². The van der Waals surface area contributed by atoms with E-state index in [-0.39, 0.29) is 41.5 Å². The van der Waals surface area contributed by atoms with Gasteiger partial charge in [-0.15, -0.1) is 12.4 Å². The van der Waals surface area contributed by atoms with E-state index < -0.39 is 0 Å². The number of unbranched alkanes of at least 4 members (excludes halogenated alkanes) is 1. The van der Waals surface area contributed by atoms with Crippen LogP contribution < -0.4 is 10.6 Å². The quantitative estimate of drug-likeness (QED) is 0.574. The lowest BCUT2D eigenvalue weighted by atomic mass is 9.92. The molecule has 1 aromatic rings. The van der Waals surface area contributed by atoms with Gasteiger partial charge in [-0.3, -0.25) is 19.3 Å². The molecule has 1 aliphatic carbocycles. The van der Waals surface area contributed by atoms with E-state index in [1.165, 1.54) is 4.90 Å². The molecule has 2 fully saturated rings. The minimum absolute atomic E-state index is 0. The van der Waals surface area contributed by atoms with Gasteiger partial charge < -0.3 is 10.6 Å². The molecule has 1 saturated heterocycles. The fraction of sp³-hybridized carbons (Fsp3) is 0.550. The van der Waals surface area contributed by atoms with Crippen LogP contribution in [0.2, 0.25) is 0 Å². The second kappa shape index (κ2) is 7.98. The standard InChI is InChI=1S/C20H25N3O3.ClH/c24-17(16-13-20(16)7-10-21-11-8-20)22-9-3-4-12-23-18(25)14-5-1-2-6-15(14)19(23)26;/h1-2,5-6,16,21H,3-4,7-13H2,(H,22,24);1H. The van der Waals surface area contributed by atoms with Crippen LogP contribution in [-0.4, -0.2) is 48.8 Å². The summed E-state index contributed by atoms with van der Waals surface area (Å²) in [7, 11) is 0. The van der Waals surface area contributed by atoms with E-state index in [0.717, 1.165) is 38.8 Å². The molecule has 1 saturated carbocycles. The van der Waals surface area contributed by atoms with Crippen molar-refractivity contribution in [2.45, 2.75) is 32.1 Å². The normalized spacial score (nSPS) is 22.4. The van der Waals surface area contributed by atoms with Crippen molar-refractivity contribution >= 4 is 30.1 Å². The van der Waals surface area contributed by atoms with Crippen molar-refractivity contribution in [3.05, 3.63) is 35.4 Å². The van der Waals surface area contributed by atoms with E-state index in [2.05, 4.69) is 10.6 Å². The van der Waals surface area contributed by atoms with Crippen molar-refractivity contribution in [2.24, 2.45) is 11.3 Å². The second-order valence-corrected chi connectivity index (χ2v) is 7.67.